The van der Waals surface area contributed by atoms with Crippen molar-refractivity contribution in [3.63, 3.8) is 0 Å². The number of aromatic nitrogens is 5. The summed E-state index contributed by atoms with van der Waals surface area (Å²) < 4.78 is 17.1. The molecule has 9 heteroatoms. The first kappa shape index (κ1) is 21.8. The van der Waals surface area contributed by atoms with Gasteiger partial charge in [-0.25, -0.2) is 9.37 Å². The van der Waals surface area contributed by atoms with Crippen LogP contribution in [0.3, 0.4) is 0 Å². The molecule has 0 unspecified atom stereocenters. The number of benzene rings is 1. The topological polar surface area (TPSA) is 68.8 Å². The molecule has 1 aromatic carbocycles. The third-order valence-corrected chi connectivity index (χ3v) is 6.04. The van der Waals surface area contributed by atoms with Gasteiger partial charge in [0.1, 0.15) is 11.5 Å². The number of rotatable bonds is 7. The SMILES string of the molecule is Cc1nn(C)cc1CN(C)C(=O)c1cnc(SCc2ccncc2)n1-c1ccc(F)cc1. The molecule has 0 aliphatic heterocycles. The van der Waals surface area contributed by atoms with Gasteiger partial charge >= 0.3 is 0 Å². The van der Waals surface area contributed by atoms with Crippen molar-refractivity contribution in [2.24, 2.45) is 7.05 Å². The fourth-order valence-corrected chi connectivity index (χ4v) is 4.33. The number of carbonyl (C=O) groups excluding carboxylic acids is 1. The molecule has 1 amide bonds. The summed E-state index contributed by atoms with van der Waals surface area (Å²) in [6.45, 7) is 2.34. The lowest BCUT2D eigenvalue weighted by Crippen LogP contribution is -2.28. The summed E-state index contributed by atoms with van der Waals surface area (Å²) in [5.74, 6) is 0.150. The molecule has 0 aliphatic carbocycles. The van der Waals surface area contributed by atoms with Gasteiger partial charge in [0, 0.05) is 56.2 Å². The first-order valence-electron chi connectivity index (χ1n) is 10.0. The maximum atomic E-state index is 13.5. The van der Waals surface area contributed by atoms with Crippen molar-refractivity contribution in [1.29, 1.82) is 0 Å². The fraction of sp³-hybridized carbons (Fsp3) is 0.217. The summed E-state index contributed by atoms with van der Waals surface area (Å²) in [5.41, 5.74) is 4.04. The minimum atomic E-state index is -0.336. The maximum Gasteiger partial charge on any atom is 0.272 e. The Morgan fingerprint density at radius 2 is 1.88 bits per heavy atom. The zero-order chi connectivity index (χ0) is 22.7. The summed E-state index contributed by atoms with van der Waals surface area (Å²) in [7, 11) is 3.61. The van der Waals surface area contributed by atoms with Gasteiger partial charge < -0.3 is 4.90 Å². The monoisotopic (exact) mass is 450 g/mol. The Bertz CT molecular complexity index is 1220. The fourth-order valence-electron chi connectivity index (χ4n) is 3.38. The highest BCUT2D eigenvalue weighted by atomic mass is 32.2. The zero-order valence-corrected chi connectivity index (χ0v) is 18.9. The number of halogens is 1. The van der Waals surface area contributed by atoms with Crippen LogP contribution in [0.5, 0.6) is 0 Å². The number of imidazole rings is 1. The van der Waals surface area contributed by atoms with E-state index < -0.39 is 0 Å². The lowest BCUT2D eigenvalue weighted by molar-refractivity contribution is 0.0776. The third-order valence-electron chi connectivity index (χ3n) is 5.02. The van der Waals surface area contributed by atoms with Crippen molar-refractivity contribution in [3.8, 4) is 5.69 Å². The number of amides is 1. The summed E-state index contributed by atoms with van der Waals surface area (Å²) >= 11 is 1.51. The summed E-state index contributed by atoms with van der Waals surface area (Å²) in [5, 5.41) is 5.00. The van der Waals surface area contributed by atoms with Crippen molar-refractivity contribution < 1.29 is 9.18 Å². The predicted molar refractivity (Wildman–Crippen MR) is 121 cm³/mol. The average Bonchev–Trinajstić information content (AvgIpc) is 3.35. The van der Waals surface area contributed by atoms with Crippen LogP contribution >= 0.6 is 11.8 Å². The van der Waals surface area contributed by atoms with Crippen LogP contribution in [-0.2, 0) is 19.3 Å². The molecule has 0 radical (unpaired) electrons. The largest absolute Gasteiger partial charge is 0.336 e. The molecule has 0 atom stereocenters. The van der Waals surface area contributed by atoms with Gasteiger partial charge in [-0.1, -0.05) is 11.8 Å². The third kappa shape index (κ3) is 4.72. The van der Waals surface area contributed by atoms with E-state index in [1.165, 1.54) is 23.9 Å². The van der Waals surface area contributed by atoms with E-state index in [1.807, 2.05) is 32.3 Å². The molecule has 0 saturated carbocycles. The Morgan fingerprint density at radius 3 is 2.53 bits per heavy atom. The molecular formula is C23H23FN6OS. The lowest BCUT2D eigenvalue weighted by Gasteiger charge is -2.18. The second-order valence-electron chi connectivity index (χ2n) is 7.46. The van der Waals surface area contributed by atoms with E-state index in [1.54, 1.807) is 51.9 Å². The molecule has 4 aromatic rings. The molecule has 3 aromatic heterocycles. The van der Waals surface area contributed by atoms with E-state index in [9.17, 15) is 9.18 Å². The second-order valence-corrected chi connectivity index (χ2v) is 8.40. The van der Waals surface area contributed by atoms with Crippen molar-refractivity contribution in [2.45, 2.75) is 24.4 Å². The van der Waals surface area contributed by atoms with E-state index >= 15 is 0 Å². The van der Waals surface area contributed by atoms with E-state index in [-0.39, 0.29) is 11.7 Å². The summed E-state index contributed by atoms with van der Waals surface area (Å²) in [4.78, 5) is 23.6. The number of hydrogen-bond donors (Lipinski definition) is 0. The number of aryl methyl sites for hydroxylation is 2. The van der Waals surface area contributed by atoms with Crippen LogP contribution in [0.2, 0.25) is 0 Å². The van der Waals surface area contributed by atoms with Crippen LogP contribution in [0.25, 0.3) is 5.69 Å². The highest BCUT2D eigenvalue weighted by molar-refractivity contribution is 7.98. The van der Waals surface area contributed by atoms with Crippen LogP contribution in [0.4, 0.5) is 4.39 Å². The van der Waals surface area contributed by atoms with Crippen LogP contribution in [0, 0.1) is 12.7 Å². The normalized spacial score (nSPS) is 11.0. The molecule has 0 N–H and O–H groups in total. The predicted octanol–water partition coefficient (Wildman–Crippen LogP) is 4.01. The summed E-state index contributed by atoms with van der Waals surface area (Å²) in [6, 6.07) is 9.93. The molecule has 4 rings (SSSR count). The quantitative estimate of drug-likeness (QED) is 0.398. The zero-order valence-electron chi connectivity index (χ0n) is 18.1. The van der Waals surface area contributed by atoms with Crippen molar-refractivity contribution in [2.75, 3.05) is 7.05 Å². The Balaban J connectivity index is 1.64. The molecule has 0 bridgehead atoms. The smallest absolute Gasteiger partial charge is 0.272 e. The van der Waals surface area contributed by atoms with Crippen molar-refractivity contribution >= 4 is 17.7 Å². The molecule has 164 valence electrons. The molecule has 0 aliphatic rings. The van der Waals surface area contributed by atoms with E-state index in [4.69, 9.17) is 0 Å². The van der Waals surface area contributed by atoms with Gasteiger partial charge in [0.05, 0.1) is 11.9 Å². The molecular weight excluding hydrogens is 427 g/mol. The average molecular weight is 451 g/mol. The summed E-state index contributed by atoms with van der Waals surface area (Å²) in [6.07, 6.45) is 6.97. The number of carbonyl (C=O) groups is 1. The van der Waals surface area contributed by atoms with Gasteiger partial charge in [0.25, 0.3) is 5.91 Å². The first-order chi connectivity index (χ1) is 15.4. The van der Waals surface area contributed by atoms with Gasteiger partial charge in [-0.15, -0.1) is 0 Å². The standard InChI is InChI=1S/C23H23FN6OS/c1-16-18(14-29(3)27-16)13-28(2)22(31)21-12-26-23(32-15-17-8-10-25-11-9-17)30(21)20-6-4-19(24)5-7-20/h4-12,14H,13,15H2,1-3H3. The maximum absolute atomic E-state index is 13.5. The van der Waals surface area contributed by atoms with Gasteiger partial charge in [0.15, 0.2) is 5.16 Å². The number of pyridine rings is 1. The molecule has 0 saturated heterocycles. The lowest BCUT2D eigenvalue weighted by atomic mass is 10.2. The van der Waals surface area contributed by atoms with Crippen LogP contribution in [0.15, 0.2) is 66.3 Å². The Hall–Kier alpha value is -3.46. The van der Waals surface area contributed by atoms with Crippen LogP contribution in [0.1, 0.15) is 27.3 Å². The molecule has 0 fully saturated rings. The molecule has 0 spiro atoms. The Kier molecular flexibility index (Phi) is 6.36. The van der Waals surface area contributed by atoms with Crippen molar-refractivity contribution in [1.82, 2.24) is 29.2 Å². The number of thioether (sulfide) groups is 1. The number of nitrogens with zero attached hydrogens (tertiary/aromatic N) is 6. The minimum absolute atomic E-state index is 0.180. The molecule has 7 nitrogen and oxygen atoms in total. The first-order valence-corrected chi connectivity index (χ1v) is 11.0. The highest BCUT2D eigenvalue weighted by Crippen LogP contribution is 2.27. The minimum Gasteiger partial charge on any atom is -0.336 e. The van der Waals surface area contributed by atoms with Crippen LogP contribution < -0.4 is 0 Å². The van der Waals surface area contributed by atoms with Gasteiger partial charge in [0.2, 0.25) is 0 Å². The Morgan fingerprint density at radius 1 is 1.16 bits per heavy atom. The van der Waals surface area contributed by atoms with Gasteiger partial charge in [-0.2, -0.15) is 5.10 Å². The van der Waals surface area contributed by atoms with E-state index in [2.05, 4.69) is 15.1 Å². The van der Waals surface area contributed by atoms with Gasteiger partial charge in [-0.05, 0) is 48.9 Å². The Labute approximate surface area is 189 Å². The van der Waals surface area contributed by atoms with E-state index in [0.717, 1.165) is 16.8 Å². The highest BCUT2D eigenvalue weighted by Gasteiger charge is 2.22. The number of hydrogen-bond acceptors (Lipinski definition) is 5. The van der Waals surface area contributed by atoms with Gasteiger partial charge in [-0.3, -0.25) is 19.0 Å². The molecule has 3 heterocycles. The van der Waals surface area contributed by atoms with Crippen molar-refractivity contribution in [3.05, 3.63) is 89.5 Å². The molecule has 32 heavy (non-hydrogen) atoms. The second kappa shape index (κ2) is 9.35. The van der Waals surface area contributed by atoms with Crippen LogP contribution in [-0.4, -0.2) is 42.2 Å². The van der Waals surface area contributed by atoms with E-state index in [0.29, 0.717) is 28.8 Å².